The summed E-state index contributed by atoms with van der Waals surface area (Å²) in [6.07, 6.45) is -1.00. The number of hydrogen-bond donors (Lipinski definition) is 1. The van der Waals surface area contributed by atoms with Crippen molar-refractivity contribution < 1.29 is 14.2 Å². The van der Waals surface area contributed by atoms with E-state index < -0.39 is 12.8 Å². The fourth-order valence-corrected chi connectivity index (χ4v) is 1.82. The van der Waals surface area contributed by atoms with Crippen molar-refractivity contribution in [2.24, 2.45) is 0 Å². The van der Waals surface area contributed by atoms with Gasteiger partial charge in [0.25, 0.3) is 0 Å². The van der Waals surface area contributed by atoms with Crippen molar-refractivity contribution in [2.45, 2.75) is 6.10 Å². The van der Waals surface area contributed by atoms with E-state index in [-0.39, 0.29) is 0 Å². The Kier molecular flexibility index (Phi) is 3.74. The lowest BCUT2D eigenvalue weighted by atomic mass is 10.1. The third-order valence-electron chi connectivity index (χ3n) is 2.80. The summed E-state index contributed by atoms with van der Waals surface area (Å²) in [6, 6.07) is 7.38. The quantitative estimate of drug-likeness (QED) is 0.846. The highest BCUT2D eigenvalue weighted by Crippen LogP contribution is 2.20. The first kappa shape index (κ1) is 11.4. The van der Waals surface area contributed by atoms with Crippen LogP contribution in [0.3, 0.4) is 0 Å². The number of anilines is 1. The number of aliphatic hydroxyl groups is 1. The van der Waals surface area contributed by atoms with Crippen LogP contribution in [0.4, 0.5) is 10.1 Å². The lowest BCUT2D eigenvalue weighted by Crippen LogP contribution is -2.36. The maximum atomic E-state index is 12.3. The van der Waals surface area contributed by atoms with Gasteiger partial charge in [-0.1, -0.05) is 12.1 Å². The molecule has 4 heteroatoms. The summed E-state index contributed by atoms with van der Waals surface area (Å²) in [4.78, 5) is 2.22. The smallest absolute Gasteiger partial charge is 0.119 e. The Morgan fingerprint density at radius 2 is 1.88 bits per heavy atom. The summed E-state index contributed by atoms with van der Waals surface area (Å²) in [5, 5.41) is 9.32. The van der Waals surface area contributed by atoms with Gasteiger partial charge >= 0.3 is 0 Å². The maximum Gasteiger partial charge on any atom is 0.119 e. The number of ether oxygens (including phenoxy) is 1. The third-order valence-corrected chi connectivity index (χ3v) is 2.80. The maximum absolute atomic E-state index is 12.3. The number of aliphatic hydroxyl groups excluding tert-OH is 1. The van der Waals surface area contributed by atoms with Gasteiger partial charge in [-0.15, -0.1) is 0 Å². The second kappa shape index (κ2) is 5.27. The van der Waals surface area contributed by atoms with Crippen LogP contribution >= 0.6 is 0 Å². The number of halogens is 1. The minimum absolute atomic E-state index is 0.625. The summed E-state index contributed by atoms with van der Waals surface area (Å²) < 4.78 is 17.5. The second-order valence-electron chi connectivity index (χ2n) is 3.86. The van der Waals surface area contributed by atoms with Gasteiger partial charge in [0, 0.05) is 18.8 Å². The molecule has 1 aliphatic heterocycles. The van der Waals surface area contributed by atoms with Crippen molar-refractivity contribution in [3.63, 3.8) is 0 Å². The van der Waals surface area contributed by atoms with Gasteiger partial charge in [0.15, 0.2) is 0 Å². The van der Waals surface area contributed by atoms with E-state index in [2.05, 4.69) is 4.90 Å². The van der Waals surface area contributed by atoms with Gasteiger partial charge in [-0.25, -0.2) is 4.39 Å². The van der Waals surface area contributed by atoms with Crippen LogP contribution in [-0.4, -0.2) is 38.1 Å². The molecule has 88 valence electrons. The van der Waals surface area contributed by atoms with E-state index in [0.29, 0.717) is 5.56 Å². The molecular weight excluding hydrogens is 209 g/mol. The van der Waals surface area contributed by atoms with Gasteiger partial charge in [0.2, 0.25) is 0 Å². The van der Waals surface area contributed by atoms with Gasteiger partial charge < -0.3 is 14.7 Å². The van der Waals surface area contributed by atoms with Crippen LogP contribution < -0.4 is 4.90 Å². The highest BCUT2D eigenvalue weighted by Gasteiger charge is 2.12. The zero-order valence-electron chi connectivity index (χ0n) is 9.10. The summed E-state index contributed by atoms with van der Waals surface area (Å²) in [5.41, 5.74) is 1.72. The minimum Gasteiger partial charge on any atom is -0.386 e. The van der Waals surface area contributed by atoms with E-state index in [1.807, 2.05) is 12.1 Å². The van der Waals surface area contributed by atoms with Crippen molar-refractivity contribution in [3.8, 4) is 0 Å². The molecule has 1 fully saturated rings. The summed E-state index contributed by atoms with van der Waals surface area (Å²) in [6.45, 7) is 2.51. The molecule has 1 unspecified atom stereocenters. The Bertz CT molecular complexity index is 322. The topological polar surface area (TPSA) is 32.7 Å². The molecule has 0 aromatic heterocycles. The Labute approximate surface area is 94.4 Å². The summed E-state index contributed by atoms with van der Waals surface area (Å²) in [7, 11) is 0. The Morgan fingerprint density at radius 1 is 1.25 bits per heavy atom. The molecule has 1 N–H and O–H groups in total. The summed E-state index contributed by atoms with van der Waals surface area (Å²) >= 11 is 0. The van der Waals surface area contributed by atoms with Gasteiger partial charge in [-0.2, -0.15) is 0 Å². The van der Waals surface area contributed by atoms with Crippen molar-refractivity contribution in [2.75, 3.05) is 37.9 Å². The molecular formula is C12H16FNO2. The molecule has 1 heterocycles. The number of hydrogen-bond acceptors (Lipinski definition) is 3. The van der Waals surface area contributed by atoms with Crippen molar-refractivity contribution >= 4 is 5.69 Å². The van der Waals surface area contributed by atoms with Gasteiger partial charge in [-0.05, 0) is 17.7 Å². The molecule has 0 radical (unpaired) electrons. The summed E-state index contributed by atoms with van der Waals surface area (Å²) in [5.74, 6) is 0. The Balaban J connectivity index is 2.06. The van der Waals surface area contributed by atoms with E-state index in [4.69, 9.17) is 4.74 Å². The third kappa shape index (κ3) is 2.51. The van der Waals surface area contributed by atoms with Crippen molar-refractivity contribution in [1.29, 1.82) is 0 Å². The molecule has 1 saturated heterocycles. The number of rotatable bonds is 3. The van der Waals surface area contributed by atoms with Gasteiger partial charge in [0.05, 0.1) is 13.2 Å². The van der Waals surface area contributed by atoms with Crippen molar-refractivity contribution in [1.82, 2.24) is 0 Å². The predicted molar refractivity (Wildman–Crippen MR) is 60.4 cm³/mol. The lowest BCUT2D eigenvalue weighted by Gasteiger charge is -2.29. The predicted octanol–water partition coefficient (Wildman–Crippen LogP) is 1.53. The normalized spacial score (nSPS) is 18.5. The minimum atomic E-state index is -1.00. The standard InChI is InChI=1S/C12H16FNO2/c13-9-12(15)10-1-3-11(4-2-10)14-5-7-16-8-6-14/h1-4,12,15H,5-9H2. The Hall–Kier alpha value is -1.13. The van der Waals surface area contributed by atoms with Gasteiger partial charge in [0.1, 0.15) is 12.8 Å². The molecule has 1 aliphatic rings. The first-order chi connectivity index (χ1) is 7.81. The van der Waals surface area contributed by atoms with Crippen LogP contribution in [0.25, 0.3) is 0 Å². The zero-order chi connectivity index (χ0) is 11.4. The lowest BCUT2D eigenvalue weighted by molar-refractivity contribution is 0.122. The van der Waals surface area contributed by atoms with Crippen LogP contribution in [0, 0.1) is 0 Å². The SMILES string of the molecule is OC(CF)c1ccc(N2CCOCC2)cc1. The van der Waals surface area contributed by atoms with Crippen LogP contribution in [0.2, 0.25) is 0 Å². The van der Waals surface area contributed by atoms with E-state index in [0.717, 1.165) is 32.0 Å². The van der Waals surface area contributed by atoms with E-state index in [1.165, 1.54) is 0 Å². The molecule has 1 atom stereocenters. The molecule has 1 aromatic rings. The molecule has 0 bridgehead atoms. The number of alkyl halides is 1. The first-order valence-electron chi connectivity index (χ1n) is 5.48. The molecule has 0 amide bonds. The molecule has 0 aliphatic carbocycles. The highest BCUT2D eigenvalue weighted by atomic mass is 19.1. The van der Waals surface area contributed by atoms with E-state index in [1.54, 1.807) is 12.1 Å². The van der Waals surface area contributed by atoms with Crippen molar-refractivity contribution in [3.05, 3.63) is 29.8 Å². The fraction of sp³-hybridized carbons (Fsp3) is 0.500. The van der Waals surface area contributed by atoms with E-state index in [9.17, 15) is 9.50 Å². The zero-order valence-corrected chi connectivity index (χ0v) is 9.10. The number of morpholine rings is 1. The average molecular weight is 225 g/mol. The average Bonchev–Trinajstić information content (AvgIpc) is 2.39. The second-order valence-corrected chi connectivity index (χ2v) is 3.86. The number of benzene rings is 1. The van der Waals surface area contributed by atoms with E-state index >= 15 is 0 Å². The first-order valence-corrected chi connectivity index (χ1v) is 5.48. The monoisotopic (exact) mass is 225 g/mol. The van der Waals surface area contributed by atoms with Crippen LogP contribution in [-0.2, 0) is 4.74 Å². The van der Waals surface area contributed by atoms with Gasteiger partial charge in [-0.3, -0.25) is 0 Å². The highest BCUT2D eigenvalue weighted by molar-refractivity contribution is 5.48. The largest absolute Gasteiger partial charge is 0.386 e. The molecule has 0 saturated carbocycles. The molecule has 0 spiro atoms. The van der Waals surface area contributed by atoms with Crippen LogP contribution in [0.1, 0.15) is 11.7 Å². The molecule has 1 aromatic carbocycles. The Morgan fingerprint density at radius 3 is 2.44 bits per heavy atom. The molecule has 16 heavy (non-hydrogen) atoms. The fourth-order valence-electron chi connectivity index (χ4n) is 1.82. The molecule has 2 rings (SSSR count). The van der Waals surface area contributed by atoms with Crippen LogP contribution in [0.15, 0.2) is 24.3 Å². The number of nitrogens with zero attached hydrogens (tertiary/aromatic N) is 1. The molecule has 3 nitrogen and oxygen atoms in total. The van der Waals surface area contributed by atoms with Crippen LogP contribution in [0.5, 0.6) is 0 Å².